The molecule has 0 aromatic heterocycles. The second-order valence-electron chi connectivity index (χ2n) is 3.02. The number of hydrogen-bond acceptors (Lipinski definition) is 2. The first kappa shape index (κ1) is 12.2. The van der Waals surface area contributed by atoms with Crippen LogP contribution < -0.4 is 0 Å². The summed E-state index contributed by atoms with van der Waals surface area (Å²) >= 11 is 0. The summed E-state index contributed by atoms with van der Waals surface area (Å²) in [6.07, 6.45) is 0. The molecular formula is C12H12O2Pb. The van der Waals surface area contributed by atoms with Crippen LogP contribution in [0.25, 0.3) is 10.8 Å². The standard InChI is InChI=1S/C12H10O2.Pb.2H/c1-14-12(13)11-8-4-6-9-5-2-3-7-10(9)11;;;/h2-8H,1H3;;;. The molecule has 76 valence electrons. The Hall–Kier alpha value is -0.908. The normalized spacial score (nSPS) is 9.40. The second-order valence-corrected chi connectivity index (χ2v) is 3.02. The number of methoxy groups -OCH3 is 1. The fraction of sp³-hybridized carbons (Fsp3) is 0.0833. The van der Waals surface area contributed by atoms with Gasteiger partial charge < -0.3 is 4.74 Å². The fourth-order valence-electron chi connectivity index (χ4n) is 1.51. The zero-order valence-electron chi connectivity index (χ0n) is 8.57. The van der Waals surface area contributed by atoms with Crippen LogP contribution in [0.3, 0.4) is 0 Å². The van der Waals surface area contributed by atoms with Gasteiger partial charge in [0, 0.05) is 0 Å². The minimum atomic E-state index is -0.290. The van der Waals surface area contributed by atoms with E-state index in [1.165, 1.54) is 7.11 Å². The van der Waals surface area contributed by atoms with Gasteiger partial charge in [-0.15, -0.1) is 0 Å². The van der Waals surface area contributed by atoms with Crippen LogP contribution in [0.4, 0.5) is 0 Å². The molecule has 0 amide bonds. The van der Waals surface area contributed by atoms with Gasteiger partial charge in [0.1, 0.15) is 0 Å². The van der Waals surface area contributed by atoms with Crippen molar-refractivity contribution in [3.8, 4) is 0 Å². The molecule has 2 radical (unpaired) electrons. The number of benzene rings is 2. The van der Waals surface area contributed by atoms with Crippen molar-refractivity contribution in [2.45, 2.75) is 0 Å². The first-order valence-corrected chi connectivity index (χ1v) is 4.39. The first-order chi connectivity index (χ1) is 6.83. The van der Waals surface area contributed by atoms with Crippen molar-refractivity contribution >= 4 is 44.0 Å². The summed E-state index contributed by atoms with van der Waals surface area (Å²) in [6.45, 7) is 0. The monoisotopic (exact) mass is 396 g/mol. The van der Waals surface area contributed by atoms with E-state index in [-0.39, 0.29) is 33.3 Å². The maximum atomic E-state index is 11.4. The Morgan fingerprint density at radius 3 is 2.47 bits per heavy atom. The van der Waals surface area contributed by atoms with Gasteiger partial charge in [0.15, 0.2) is 0 Å². The van der Waals surface area contributed by atoms with E-state index < -0.39 is 0 Å². The third-order valence-electron chi connectivity index (χ3n) is 2.19. The number of rotatable bonds is 1. The van der Waals surface area contributed by atoms with Gasteiger partial charge in [-0.2, -0.15) is 0 Å². The Morgan fingerprint density at radius 2 is 1.73 bits per heavy atom. The van der Waals surface area contributed by atoms with Crippen LogP contribution in [0.1, 0.15) is 10.4 Å². The van der Waals surface area contributed by atoms with Crippen molar-refractivity contribution in [3.05, 3.63) is 48.0 Å². The van der Waals surface area contributed by atoms with Crippen LogP contribution in [0.2, 0.25) is 0 Å². The molecule has 0 fully saturated rings. The first-order valence-electron chi connectivity index (χ1n) is 4.39. The molecule has 0 aliphatic carbocycles. The maximum absolute atomic E-state index is 11.4. The summed E-state index contributed by atoms with van der Waals surface area (Å²) in [7, 11) is 1.39. The molecule has 2 nitrogen and oxygen atoms in total. The number of ether oxygens (including phenoxy) is 1. The second kappa shape index (κ2) is 5.25. The van der Waals surface area contributed by atoms with E-state index in [1.54, 1.807) is 6.07 Å². The van der Waals surface area contributed by atoms with Crippen LogP contribution in [0.5, 0.6) is 0 Å². The fourth-order valence-corrected chi connectivity index (χ4v) is 1.51. The Balaban J connectivity index is 0.00000112. The van der Waals surface area contributed by atoms with Gasteiger partial charge in [-0.05, 0) is 16.8 Å². The van der Waals surface area contributed by atoms with Crippen molar-refractivity contribution in [1.29, 1.82) is 0 Å². The Morgan fingerprint density at radius 1 is 1.07 bits per heavy atom. The molecule has 0 unspecified atom stereocenters. The van der Waals surface area contributed by atoms with E-state index >= 15 is 0 Å². The predicted molar refractivity (Wildman–Crippen MR) is 63.8 cm³/mol. The number of hydrogen-bond donors (Lipinski definition) is 0. The van der Waals surface area contributed by atoms with Gasteiger partial charge in [-0.1, -0.05) is 36.4 Å². The molecule has 2 aromatic rings. The Bertz CT molecular complexity index is 475. The zero-order valence-corrected chi connectivity index (χ0v) is 14.1. The van der Waals surface area contributed by atoms with Crippen molar-refractivity contribution in [2.24, 2.45) is 0 Å². The summed E-state index contributed by atoms with van der Waals surface area (Å²) in [5, 5.41) is 1.98. The predicted octanol–water partition coefficient (Wildman–Crippen LogP) is 1.71. The molecule has 0 aliphatic heterocycles. The average Bonchev–Trinajstić information content (AvgIpc) is 2.27. The van der Waals surface area contributed by atoms with Gasteiger partial charge in [-0.3, -0.25) is 0 Å². The van der Waals surface area contributed by atoms with Crippen LogP contribution in [0.15, 0.2) is 42.5 Å². The summed E-state index contributed by atoms with van der Waals surface area (Å²) in [6, 6.07) is 13.4. The molecule has 0 N–H and O–H groups in total. The number of fused-ring (bicyclic) bond motifs is 1. The van der Waals surface area contributed by atoms with Gasteiger partial charge in [0.05, 0.1) is 12.7 Å². The number of carbonyl (C=O) groups is 1. The molecule has 0 bridgehead atoms. The minimum absolute atomic E-state index is 0. The van der Waals surface area contributed by atoms with Gasteiger partial charge >= 0.3 is 33.3 Å². The van der Waals surface area contributed by atoms with E-state index in [4.69, 9.17) is 4.74 Å². The summed E-state index contributed by atoms with van der Waals surface area (Å²) in [5.41, 5.74) is 0.616. The van der Waals surface area contributed by atoms with E-state index in [1.807, 2.05) is 36.4 Å². The van der Waals surface area contributed by atoms with Crippen molar-refractivity contribution in [3.63, 3.8) is 0 Å². The molecule has 15 heavy (non-hydrogen) atoms. The third kappa shape index (κ3) is 2.37. The van der Waals surface area contributed by atoms with Crippen molar-refractivity contribution in [2.75, 3.05) is 7.11 Å². The summed E-state index contributed by atoms with van der Waals surface area (Å²) in [5.74, 6) is -0.290. The van der Waals surface area contributed by atoms with Crippen LogP contribution in [0, 0.1) is 0 Å². The zero-order chi connectivity index (χ0) is 9.97. The molecule has 0 saturated heterocycles. The van der Waals surface area contributed by atoms with E-state index in [2.05, 4.69) is 0 Å². The number of carbonyl (C=O) groups excluding carboxylic acids is 1. The van der Waals surface area contributed by atoms with E-state index in [9.17, 15) is 4.79 Å². The Labute approximate surface area is 108 Å². The van der Waals surface area contributed by atoms with Gasteiger partial charge in [0.25, 0.3) is 0 Å². The third-order valence-corrected chi connectivity index (χ3v) is 2.19. The van der Waals surface area contributed by atoms with Crippen LogP contribution in [-0.4, -0.2) is 40.4 Å². The van der Waals surface area contributed by atoms with Crippen molar-refractivity contribution in [1.82, 2.24) is 0 Å². The molecule has 0 saturated carbocycles. The van der Waals surface area contributed by atoms with E-state index in [0.717, 1.165) is 10.8 Å². The molecule has 0 atom stereocenters. The Kier molecular flexibility index (Phi) is 4.26. The van der Waals surface area contributed by atoms with Crippen molar-refractivity contribution < 1.29 is 9.53 Å². The SMILES string of the molecule is COC(=O)c1cccc2ccccc12.[PbH2]. The van der Waals surface area contributed by atoms with Gasteiger partial charge in [0.2, 0.25) is 0 Å². The molecule has 2 aromatic carbocycles. The molecule has 0 aliphatic rings. The van der Waals surface area contributed by atoms with Crippen LogP contribution >= 0.6 is 0 Å². The van der Waals surface area contributed by atoms with E-state index in [0.29, 0.717) is 5.56 Å². The summed E-state index contributed by atoms with van der Waals surface area (Å²) in [4.78, 5) is 11.4. The number of esters is 1. The molecule has 0 heterocycles. The topological polar surface area (TPSA) is 26.3 Å². The average molecular weight is 395 g/mol. The quantitative estimate of drug-likeness (QED) is 0.543. The molecule has 2 rings (SSSR count). The summed E-state index contributed by atoms with van der Waals surface area (Å²) < 4.78 is 4.71. The van der Waals surface area contributed by atoms with Gasteiger partial charge in [-0.25, -0.2) is 4.79 Å². The molecule has 0 spiro atoms. The molecular weight excluding hydrogens is 383 g/mol. The molecule has 3 heteroatoms. The van der Waals surface area contributed by atoms with Crippen LogP contribution in [-0.2, 0) is 4.74 Å².